The van der Waals surface area contributed by atoms with E-state index in [0.717, 1.165) is 5.75 Å². The molecule has 2 atom stereocenters. The van der Waals surface area contributed by atoms with Gasteiger partial charge in [-0.1, -0.05) is 0 Å². The predicted molar refractivity (Wildman–Crippen MR) is 25.2 cm³/mol. The van der Waals surface area contributed by atoms with Gasteiger partial charge in [0.15, 0.2) is 0 Å². The van der Waals surface area contributed by atoms with Crippen molar-refractivity contribution < 1.29 is 8.76 Å². The average Bonchev–Trinajstić information content (AvgIpc) is 2.06. The highest BCUT2D eigenvalue weighted by Gasteiger charge is 2.22. The Labute approximate surface area is 42.6 Å². The van der Waals surface area contributed by atoms with Crippen LogP contribution in [0.1, 0.15) is 0 Å². The molecule has 0 N–H and O–H groups in total. The zero-order chi connectivity index (χ0) is 4.57. The molecule has 0 aromatic heterocycles. The van der Waals surface area contributed by atoms with Crippen LogP contribution in [0, 0.1) is 0 Å². The highest BCUT2D eigenvalue weighted by molar-refractivity contribution is 8.17. The first-order valence-electron chi connectivity index (χ1n) is 1.50. The fourth-order valence-electron chi connectivity index (χ4n) is 0.150. The van der Waals surface area contributed by atoms with Crippen LogP contribution in [0.2, 0.25) is 0 Å². The molecule has 2 nitrogen and oxygen atoms in total. The van der Waals surface area contributed by atoms with Crippen molar-refractivity contribution in [1.82, 2.24) is 0 Å². The summed E-state index contributed by atoms with van der Waals surface area (Å²) in [5.74, 6) is 0.802. The van der Waals surface area contributed by atoms with Crippen LogP contribution >= 0.6 is 11.8 Å². The van der Waals surface area contributed by atoms with Crippen LogP contribution < -0.4 is 0 Å². The second-order valence-electron chi connectivity index (χ2n) is 1.02. The van der Waals surface area contributed by atoms with Crippen LogP contribution in [0.15, 0.2) is 0 Å². The summed E-state index contributed by atoms with van der Waals surface area (Å²) < 4.78 is 19.4. The van der Waals surface area contributed by atoms with E-state index < -0.39 is 11.1 Å². The van der Waals surface area contributed by atoms with Gasteiger partial charge in [-0.3, -0.25) is 4.21 Å². The molecular weight excluding hydrogens is 120 g/mol. The predicted octanol–water partition coefficient (Wildman–Crippen LogP) is -0.0616. The van der Waals surface area contributed by atoms with Crippen molar-refractivity contribution in [3.05, 3.63) is 0 Å². The first-order chi connectivity index (χ1) is 2.80. The lowest BCUT2D eigenvalue weighted by molar-refractivity contribution is 0.538. The molecule has 6 heavy (non-hydrogen) atoms. The first-order valence-corrected chi connectivity index (χ1v) is 3.69. The molecule has 36 valence electrons. The topological polar surface area (TPSA) is 40.1 Å². The van der Waals surface area contributed by atoms with Gasteiger partial charge in [-0.25, -0.2) is 0 Å². The maximum Gasteiger partial charge on any atom is 0.0761 e. The van der Waals surface area contributed by atoms with Gasteiger partial charge in [0.1, 0.15) is 0 Å². The van der Waals surface area contributed by atoms with E-state index in [1.54, 1.807) is 0 Å². The molecule has 4 heteroatoms. The van der Waals surface area contributed by atoms with E-state index in [0.29, 0.717) is 0 Å². The SMILES string of the molecule is O=S([O-])C1CS1. The third-order valence-electron chi connectivity index (χ3n) is 0.517. The summed E-state index contributed by atoms with van der Waals surface area (Å²) in [5, 5.41) is 0. The molecule has 1 fully saturated rings. The van der Waals surface area contributed by atoms with Gasteiger partial charge in [0.05, 0.1) is 4.58 Å². The maximum atomic E-state index is 9.74. The molecule has 0 radical (unpaired) electrons. The molecule has 1 heterocycles. The highest BCUT2D eigenvalue weighted by Crippen LogP contribution is 2.31. The number of hydrogen-bond acceptors (Lipinski definition) is 3. The van der Waals surface area contributed by atoms with Gasteiger partial charge < -0.3 is 4.55 Å². The Balaban J connectivity index is 2.31. The fourth-order valence-corrected chi connectivity index (χ4v) is 1.35. The van der Waals surface area contributed by atoms with Gasteiger partial charge in [-0.15, -0.1) is 11.8 Å². The second kappa shape index (κ2) is 1.52. The molecule has 1 rings (SSSR count). The van der Waals surface area contributed by atoms with E-state index in [1.165, 1.54) is 11.8 Å². The number of thioether (sulfide) groups is 1. The van der Waals surface area contributed by atoms with Crippen molar-refractivity contribution >= 4 is 22.8 Å². The third-order valence-corrected chi connectivity index (χ3v) is 2.84. The molecular formula is C2H3O2S2-. The van der Waals surface area contributed by atoms with Gasteiger partial charge in [0, 0.05) is 5.75 Å². The van der Waals surface area contributed by atoms with E-state index in [2.05, 4.69) is 0 Å². The van der Waals surface area contributed by atoms with Crippen LogP contribution in [0.4, 0.5) is 0 Å². The third kappa shape index (κ3) is 0.959. The lowest BCUT2D eigenvalue weighted by Crippen LogP contribution is -1.91. The summed E-state index contributed by atoms with van der Waals surface area (Å²) in [6.07, 6.45) is 0. The van der Waals surface area contributed by atoms with E-state index in [-0.39, 0.29) is 4.58 Å². The molecule has 2 unspecified atom stereocenters. The second-order valence-corrected chi connectivity index (χ2v) is 3.65. The summed E-state index contributed by atoms with van der Waals surface area (Å²) in [6, 6.07) is 0. The van der Waals surface area contributed by atoms with E-state index in [9.17, 15) is 8.76 Å². The quantitative estimate of drug-likeness (QED) is 0.362. The van der Waals surface area contributed by atoms with Crippen molar-refractivity contribution in [2.24, 2.45) is 0 Å². The van der Waals surface area contributed by atoms with Gasteiger partial charge in [0.25, 0.3) is 0 Å². The van der Waals surface area contributed by atoms with Crippen LogP contribution in [-0.2, 0) is 11.1 Å². The Morgan fingerprint density at radius 3 is 2.50 bits per heavy atom. The van der Waals surface area contributed by atoms with Gasteiger partial charge in [-0.2, -0.15) is 0 Å². The van der Waals surface area contributed by atoms with Crippen molar-refractivity contribution in [2.75, 3.05) is 5.75 Å². The Kier molecular flexibility index (Phi) is 1.17. The van der Waals surface area contributed by atoms with Gasteiger partial charge in [0.2, 0.25) is 0 Å². The van der Waals surface area contributed by atoms with E-state index >= 15 is 0 Å². The summed E-state index contributed by atoms with van der Waals surface area (Å²) in [5.41, 5.74) is 0. The normalized spacial score (nSPS) is 35.8. The first kappa shape index (κ1) is 4.61. The van der Waals surface area contributed by atoms with Gasteiger partial charge >= 0.3 is 0 Å². The van der Waals surface area contributed by atoms with Crippen LogP contribution in [0.3, 0.4) is 0 Å². The molecule has 1 aliphatic rings. The zero-order valence-corrected chi connectivity index (χ0v) is 4.55. The summed E-state index contributed by atoms with van der Waals surface area (Å²) in [7, 11) is 0. The van der Waals surface area contributed by atoms with Crippen molar-refractivity contribution in [3.8, 4) is 0 Å². The largest absolute Gasteiger partial charge is 0.771 e. The average molecular weight is 123 g/mol. The number of hydrogen-bond donors (Lipinski definition) is 0. The molecule has 1 aliphatic heterocycles. The molecule has 0 aromatic rings. The van der Waals surface area contributed by atoms with Crippen molar-refractivity contribution in [3.63, 3.8) is 0 Å². The Morgan fingerprint density at radius 2 is 2.50 bits per heavy atom. The standard InChI is InChI=1S/C2H4O2S2/c3-6(4)2-1-5-2/h2H,1H2,(H,3,4)/p-1. The maximum absolute atomic E-state index is 9.74. The minimum absolute atomic E-state index is 0.0648. The van der Waals surface area contributed by atoms with Gasteiger partial charge in [-0.05, 0) is 11.1 Å². The lowest BCUT2D eigenvalue weighted by Gasteiger charge is -1.94. The molecule has 1 saturated heterocycles. The van der Waals surface area contributed by atoms with E-state index in [1.807, 2.05) is 0 Å². The zero-order valence-electron chi connectivity index (χ0n) is 2.92. The highest BCUT2D eigenvalue weighted by atomic mass is 32.2. The smallest absolute Gasteiger partial charge is 0.0761 e. The minimum Gasteiger partial charge on any atom is -0.771 e. The molecule has 0 spiro atoms. The number of rotatable bonds is 1. The van der Waals surface area contributed by atoms with Crippen LogP contribution in [0.5, 0.6) is 0 Å². The van der Waals surface area contributed by atoms with Crippen LogP contribution in [-0.4, -0.2) is 19.1 Å². The lowest BCUT2D eigenvalue weighted by atomic mass is 11.0. The Hall–Kier alpha value is 0.460. The molecule has 0 saturated carbocycles. The molecule has 0 aliphatic carbocycles. The summed E-state index contributed by atoms with van der Waals surface area (Å²) >= 11 is -0.329. The van der Waals surface area contributed by atoms with E-state index in [4.69, 9.17) is 0 Å². The van der Waals surface area contributed by atoms with Crippen LogP contribution in [0.25, 0.3) is 0 Å². The Bertz CT molecular complexity index is 77.6. The van der Waals surface area contributed by atoms with Crippen molar-refractivity contribution in [1.29, 1.82) is 0 Å². The molecule has 0 aromatic carbocycles. The minimum atomic E-state index is -1.79. The monoisotopic (exact) mass is 123 g/mol. The fraction of sp³-hybridized carbons (Fsp3) is 1.00. The Morgan fingerprint density at radius 1 is 2.00 bits per heavy atom. The summed E-state index contributed by atoms with van der Waals surface area (Å²) in [6.45, 7) is 0. The van der Waals surface area contributed by atoms with Crippen molar-refractivity contribution in [2.45, 2.75) is 4.58 Å². The molecule has 0 amide bonds. The summed E-state index contributed by atoms with van der Waals surface area (Å²) in [4.78, 5) is 0. The molecule has 0 bridgehead atoms.